The van der Waals surface area contributed by atoms with Crippen molar-refractivity contribution in [2.75, 3.05) is 0 Å². The van der Waals surface area contributed by atoms with E-state index < -0.39 is 0 Å². The number of hydrogen-bond donors (Lipinski definition) is 0. The minimum atomic E-state index is 0. The minimum Gasteiger partial charge on any atom is -0.411 e. The molecular weight excluding hydrogens is 484 g/mol. The quantitative estimate of drug-likeness (QED) is 0.253. The van der Waals surface area contributed by atoms with Crippen molar-refractivity contribution in [3.8, 4) is 0 Å². The Bertz CT molecular complexity index is 431. The van der Waals surface area contributed by atoms with Crippen LogP contribution in [0.25, 0.3) is 0 Å². The summed E-state index contributed by atoms with van der Waals surface area (Å²) in [5.41, 5.74) is 0. The molecule has 4 rings (SSSR count). The molecule has 0 aromatic rings. The van der Waals surface area contributed by atoms with Crippen molar-refractivity contribution in [2.24, 2.45) is 0 Å². The SMILES string of the molecule is S=C([S-])N(C1CCCC1)C1CCCC1.S=C([S-])N(C1CCCC1)C1CCCC1.[Cu+2]. The molecule has 4 aliphatic carbocycles. The summed E-state index contributed by atoms with van der Waals surface area (Å²) >= 11 is 20.9. The molecule has 0 saturated heterocycles. The molecule has 0 spiro atoms. The molecule has 7 heteroatoms. The van der Waals surface area contributed by atoms with Crippen LogP contribution in [-0.2, 0) is 42.3 Å². The predicted molar refractivity (Wildman–Crippen MR) is 133 cm³/mol. The Labute approximate surface area is 211 Å². The van der Waals surface area contributed by atoms with Gasteiger partial charge in [-0.05, 0) is 51.4 Å². The van der Waals surface area contributed by atoms with Crippen LogP contribution in [0.1, 0.15) is 103 Å². The Morgan fingerprint density at radius 3 is 0.793 bits per heavy atom. The van der Waals surface area contributed by atoms with Gasteiger partial charge in [0.05, 0.1) is 0 Å². The van der Waals surface area contributed by atoms with E-state index >= 15 is 0 Å². The van der Waals surface area contributed by atoms with Gasteiger partial charge < -0.3 is 59.5 Å². The largest absolute Gasteiger partial charge is 2.00 e. The minimum absolute atomic E-state index is 0. The predicted octanol–water partition coefficient (Wildman–Crippen LogP) is 6.01. The molecule has 29 heavy (non-hydrogen) atoms. The zero-order chi connectivity index (χ0) is 19.9. The molecule has 1 radical (unpaired) electrons. The van der Waals surface area contributed by atoms with Crippen molar-refractivity contribution in [3.63, 3.8) is 0 Å². The monoisotopic (exact) mass is 519 g/mol. The van der Waals surface area contributed by atoms with E-state index in [-0.39, 0.29) is 17.1 Å². The van der Waals surface area contributed by atoms with Gasteiger partial charge in [-0.1, -0.05) is 60.0 Å². The van der Waals surface area contributed by atoms with Crippen molar-refractivity contribution < 1.29 is 17.1 Å². The van der Waals surface area contributed by atoms with Gasteiger partial charge in [-0.25, -0.2) is 0 Å². The van der Waals surface area contributed by atoms with Crippen LogP contribution in [0, 0.1) is 0 Å². The zero-order valence-electron chi connectivity index (χ0n) is 17.5. The van der Waals surface area contributed by atoms with Gasteiger partial charge in [-0.15, -0.1) is 0 Å². The van der Waals surface area contributed by atoms with Gasteiger partial charge in [0.2, 0.25) is 0 Å². The van der Waals surface area contributed by atoms with Gasteiger partial charge in [0.15, 0.2) is 0 Å². The van der Waals surface area contributed by atoms with E-state index in [2.05, 4.69) is 9.80 Å². The first-order valence-electron chi connectivity index (χ1n) is 11.6. The summed E-state index contributed by atoms with van der Waals surface area (Å²) < 4.78 is 1.45. The summed E-state index contributed by atoms with van der Waals surface area (Å²) in [5.74, 6) is 0. The van der Waals surface area contributed by atoms with E-state index in [1.54, 1.807) is 0 Å². The third-order valence-electron chi connectivity index (χ3n) is 7.29. The Kier molecular flexibility index (Phi) is 11.9. The third-order valence-corrected chi connectivity index (χ3v) is 8.14. The molecule has 4 aliphatic rings. The van der Waals surface area contributed by atoms with Crippen LogP contribution in [-0.4, -0.2) is 42.6 Å². The van der Waals surface area contributed by atoms with Crippen molar-refractivity contribution in [1.82, 2.24) is 9.80 Å². The Balaban J connectivity index is 0.000000200. The summed E-state index contributed by atoms with van der Waals surface area (Å²) in [6, 6.07) is 2.73. The molecule has 0 amide bonds. The van der Waals surface area contributed by atoms with E-state index in [1.807, 2.05) is 0 Å². The molecule has 0 aromatic carbocycles. The Morgan fingerprint density at radius 1 is 0.483 bits per heavy atom. The number of thiocarbonyl (C=S) groups is 2. The van der Waals surface area contributed by atoms with Crippen LogP contribution >= 0.6 is 24.4 Å². The summed E-state index contributed by atoms with van der Waals surface area (Å²) in [6.45, 7) is 0. The summed E-state index contributed by atoms with van der Waals surface area (Å²) in [4.78, 5) is 4.79. The fraction of sp³-hybridized carbons (Fsp3) is 0.909. The number of rotatable bonds is 4. The van der Waals surface area contributed by atoms with E-state index in [0.717, 1.165) is 8.64 Å². The maximum atomic E-state index is 5.23. The third kappa shape index (κ3) is 7.39. The van der Waals surface area contributed by atoms with Gasteiger partial charge >= 0.3 is 17.1 Å². The summed E-state index contributed by atoms with van der Waals surface area (Å²) in [7, 11) is 0. The van der Waals surface area contributed by atoms with Gasteiger partial charge in [-0.2, -0.15) is 0 Å². The normalized spacial score (nSPS) is 23.4. The molecule has 0 bridgehead atoms. The molecule has 2 nitrogen and oxygen atoms in total. The molecule has 0 heterocycles. The number of hydrogen-bond acceptors (Lipinski definition) is 4. The fourth-order valence-corrected chi connectivity index (χ4v) is 7.11. The van der Waals surface area contributed by atoms with Crippen molar-refractivity contribution >= 4 is 58.3 Å². The average Bonchev–Trinajstić information content (AvgIpc) is 3.46. The van der Waals surface area contributed by atoms with E-state index in [0.29, 0.717) is 24.2 Å². The second-order valence-corrected chi connectivity index (χ2v) is 11.2. The first kappa shape index (κ1) is 26.0. The van der Waals surface area contributed by atoms with Crippen LogP contribution in [0.2, 0.25) is 0 Å². The van der Waals surface area contributed by atoms with E-state index in [9.17, 15) is 0 Å². The van der Waals surface area contributed by atoms with Crippen molar-refractivity contribution in [2.45, 2.75) is 127 Å². The Morgan fingerprint density at radius 2 is 0.655 bits per heavy atom. The maximum Gasteiger partial charge on any atom is 2.00 e. The van der Waals surface area contributed by atoms with Gasteiger partial charge in [0.1, 0.15) is 0 Å². The molecule has 0 atom stereocenters. The van der Waals surface area contributed by atoms with Crippen LogP contribution in [0.15, 0.2) is 0 Å². The summed E-state index contributed by atoms with van der Waals surface area (Å²) in [6.07, 6.45) is 21.4. The fourth-order valence-electron chi connectivity index (χ4n) is 5.92. The topological polar surface area (TPSA) is 6.48 Å². The van der Waals surface area contributed by atoms with Crippen molar-refractivity contribution in [1.29, 1.82) is 0 Å². The van der Waals surface area contributed by atoms with E-state index in [1.165, 1.54) is 103 Å². The molecule has 0 aromatic heterocycles. The molecule has 0 unspecified atom stereocenters. The second-order valence-electron chi connectivity index (χ2n) is 9.10. The first-order chi connectivity index (χ1) is 13.6. The van der Waals surface area contributed by atoms with Gasteiger partial charge in [0.25, 0.3) is 0 Å². The smallest absolute Gasteiger partial charge is 0.411 e. The molecule has 4 fully saturated rings. The van der Waals surface area contributed by atoms with Crippen LogP contribution < -0.4 is 0 Å². The van der Waals surface area contributed by atoms with Gasteiger partial charge in [-0.3, -0.25) is 0 Å². The standard InChI is InChI=1S/2C11H19NS2.Cu/c2*13-11(14)12(9-5-1-2-6-9)10-7-3-4-8-10;/h2*9-10H,1-8H2,(H,13,14);/q;;+2/p-2. The molecule has 4 saturated carbocycles. The first-order valence-corrected chi connectivity index (χ1v) is 13.2. The van der Waals surface area contributed by atoms with Crippen LogP contribution in [0.4, 0.5) is 0 Å². The molecular formula is C22H36CuN2S4. The van der Waals surface area contributed by atoms with Crippen LogP contribution in [0.5, 0.6) is 0 Å². The van der Waals surface area contributed by atoms with Crippen molar-refractivity contribution in [3.05, 3.63) is 0 Å². The molecule has 0 N–H and O–H groups in total. The zero-order valence-corrected chi connectivity index (χ0v) is 21.7. The second kappa shape index (κ2) is 13.3. The average molecular weight is 520 g/mol. The van der Waals surface area contributed by atoms with E-state index in [4.69, 9.17) is 49.7 Å². The van der Waals surface area contributed by atoms with Gasteiger partial charge in [0, 0.05) is 24.2 Å². The Hall–Kier alpha value is 0.739. The number of nitrogens with zero attached hydrogens (tertiary/aromatic N) is 2. The maximum absolute atomic E-state index is 5.23. The molecule has 0 aliphatic heterocycles. The van der Waals surface area contributed by atoms with Crippen LogP contribution in [0.3, 0.4) is 0 Å². The summed E-state index contributed by atoms with van der Waals surface area (Å²) in [5, 5.41) is 0. The molecule has 169 valence electrons.